The Bertz CT molecular complexity index is 687. The zero-order valence-electron chi connectivity index (χ0n) is 12.0. The van der Waals surface area contributed by atoms with Crippen molar-refractivity contribution in [2.24, 2.45) is 0 Å². The van der Waals surface area contributed by atoms with Crippen molar-refractivity contribution in [1.82, 2.24) is 9.88 Å². The van der Waals surface area contributed by atoms with Gasteiger partial charge in [0.15, 0.2) is 0 Å². The van der Waals surface area contributed by atoms with Crippen LogP contribution in [0, 0.1) is 6.92 Å². The lowest BCUT2D eigenvalue weighted by molar-refractivity contribution is 0.0731. The maximum absolute atomic E-state index is 12.5. The van der Waals surface area contributed by atoms with Crippen LogP contribution in [0.5, 0.6) is 0 Å². The van der Waals surface area contributed by atoms with Gasteiger partial charge in [0, 0.05) is 18.0 Å². The Morgan fingerprint density at radius 2 is 2.14 bits per heavy atom. The molecule has 1 aliphatic heterocycles. The van der Waals surface area contributed by atoms with Crippen LogP contribution in [0.4, 0.5) is 0 Å². The van der Waals surface area contributed by atoms with Crippen molar-refractivity contribution in [1.29, 1.82) is 0 Å². The summed E-state index contributed by atoms with van der Waals surface area (Å²) in [5.74, 6) is -0.0528. The van der Waals surface area contributed by atoms with Crippen molar-refractivity contribution in [3.05, 3.63) is 56.1 Å². The summed E-state index contributed by atoms with van der Waals surface area (Å²) in [6, 6.07) is 8.69. The second-order valence-corrected chi connectivity index (χ2v) is 6.39. The monoisotopic (exact) mass is 302 g/mol. The summed E-state index contributed by atoms with van der Waals surface area (Å²) in [6.07, 6.45) is 2.92. The number of rotatable bonds is 3. The van der Waals surface area contributed by atoms with Crippen LogP contribution in [0.3, 0.4) is 0 Å². The van der Waals surface area contributed by atoms with Gasteiger partial charge in [0.25, 0.3) is 5.91 Å². The lowest BCUT2D eigenvalue weighted by atomic mass is 10.0. The van der Waals surface area contributed by atoms with Crippen LogP contribution in [0.15, 0.2) is 34.4 Å². The average molecular weight is 302 g/mol. The van der Waals surface area contributed by atoms with Crippen LogP contribution in [-0.4, -0.2) is 28.4 Å². The summed E-state index contributed by atoms with van der Waals surface area (Å²) in [6.45, 7) is 2.84. The van der Waals surface area contributed by atoms with Gasteiger partial charge in [-0.15, -0.1) is 0 Å². The van der Waals surface area contributed by atoms with Crippen molar-refractivity contribution < 1.29 is 4.79 Å². The van der Waals surface area contributed by atoms with E-state index in [1.165, 1.54) is 11.1 Å². The summed E-state index contributed by atoms with van der Waals surface area (Å²) in [4.78, 5) is 28.0. The molecule has 1 aliphatic rings. The third-order valence-corrected chi connectivity index (χ3v) is 4.65. The first-order valence-corrected chi connectivity index (χ1v) is 8.06. The first-order chi connectivity index (χ1) is 10.1. The molecule has 1 unspecified atom stereocenters. The fourth-order valence-corrected chi connectivity index (χ4v) is 3.40. The van der Waals surface area contributed by atoms with E-state index in [1.807, 2.05) is 4.90 Å². The minimum atomic E-state index is -0.173. The smallest absolute Gasteiger partial charge is 0.305 e. The standard InChI is InChI=1S/C16H18N2O2S/c1-11-4-6-12(7-5-11)9-13-3-2-8-18(13)15(19)14-10-21-16(20)17-14/h4-7,10,13H,2-3,8-9H2,1H3,(H,17,20). The molecule has 0 bridgehead atoms. The van der Waals surface area contributed by atoms with Gasteiger partial charge in [0.2, 0.25) is 0 Å². The van der Waals surface area contributed by atoms with E-state index in [9.17, 15) is 9.59 Å². The fraction of sp³-hybridized carbons (Fsp3) is 0.375. The number of hydrogen-bond acceptors (Lipinski definition) is 3. The second-order valence-electron chi connectivity index (χ2n) is 5.55. The molecule has 1 atom stereocenters. The molecule has 3 rings (SSSR count). The highest BCUT2D eigenvalue weighted by molar-refractivity contribution is 7.07. The van der Waals surface area contributed by atoms with E-state index in [4.69, 9.17) is 0 Å². The molecule has 1 N–H and O–H groups in total. The molecular formula is C16H18N2O2S. The highest BCUT2D eigenvalue weighted by atomic mass is 32.1. The number of aromatic nitrogens is 1. The minimum Gasteiger partial charge on any atom is -0.334 e. The predicted molar refractivity (Wildman–Crippen MR) is 83.9 cm³/mol. The molecule has 2 heterocycles. The number of amides is 1. The first-order valence-electron chi connectivity index (χ1n) is 7.18. The zero-order chi connectivity index (χ0) is 14.8. The quantitative estimate of drug-likeness (QED) is 0.947. The van der Waals surface area contributed by atoms with E-state index in [-0.39, 0.29) is 16.8 Å². The van der Waals surface area contributed by atoms with Crippen molar-refractivity contribution in [2.45, 2.75) is 32.2 Å². The molecule has 1 aromatic carbocycles. The Morgan fingerprint density at radius 1 is 1.38 bits per heavy atom. The number of carbonyl (C=O) groups is 1. The van der Waals surface area contributed by atoms with Crippen LogP contribution < -0.4 is 4.87 Å². The number of H-pyrrole nitrogens is 1. The summed E-state index contributed by atoms with van der Waals surface area (Å²) in [5, 5.41) is 1.62. The molecular weight excluding hydrogens is 284 g/mol. The average Bonchev–Trinajstić information content (AvgIpc) is 3.10. The molecule has 1 fully saturated rings. The molecule has 110 valence electrons. The topological polar surface area (TPSA) is 53.2 Å². The van der Waals surface area contributed by atoms with E-state index in [0.29, 0.717) is 5.69 Å². The highest BCUT2D eigenvalue weighted by Crippen LogP contribution is 2.23. The number of carbonyl (C=O) groups excluding carboxylic acids is 1. The number of aromatic amines is 1. The molecule has 1 saturated heterocycles. The van der Waals surface area contributed by atoms with Crippen molar-refractivity contribution in [3.8, 4) is 0 Å². The maximum atomic E-state index is 12.5. The third-order valence-electron chi connectivity index (χ3n) is 3.98. The maximum Gasteiger partial charge on any atom is 0.305 e. The molecule has 21 heavy (non-hydrogen) atoms. The van der Waals surface area contributed by atoms with Crippen molar-refractivity contribution >= 4 is 17.2 Å². The number of benzene rings is 1. The van der Waals surface area contributed by atoms with Crippen LogP contribution >= 0.6 is 11.3 Å². The molecule has 4 nitrogen and oxygen atoms in total. The van der Waals surface area contributed by atoms with E-state index < -0.39 is 0 Å². The van der Waals surface area contributed by atoms with Gasteiger partial charge >= 0.3 is 4.87 Å². The molecule has 2 aromatic rings. The third kappa shape index (κ3) is 3.08. The van der Waals surface area contributed by atoms with Crippen LogP contribution in [0.1, 0.15) is 34.5 Å². The number of hydrogen-bond donors (Lipinski definition) is 1. The fourth-order valence-electron chi connectivity index (χ4n) is 2.85. The zero-order valence-corrected chi connectivity index (χ0v) is 12.8. The summed E-state index contributed by atoms with van der Waals surface area (Å²) < 4.78 is 0. The molecule has 5 heteroatoms. The molecule has 0 aliphatic carbocycles. The van der Waals surface area contributed by atoms with Gasteiger partial charge in [-0.1, -0.05) is 41.2 Å². The lowest BCUT2D eigenvalue weighted by Gasteiger charge is -2.24. The Balaban J connectivity index is 1.74. The second kappa shape index (κ2) is 5.85. The van der Waals surface area contributed by atoms with Gasteiger partial charge in [-0.3, -0.25) is 9.59 Å². The molecule has 0 saturated carbocycles. The largest absolute Gasteiger partial charge is 0.334 e. The molecule has 0 spiro atoms. The normalized spacial score (nSPS) is 18.1. The van der Waals surface area contributed by atoms with E-state index in [2.05, 4.69) is 36.2 Å². The van der Waals surface area contributed by atoms with Crippen molar-refractivity contribution in [3.63, 3.8) is 0 Å². The van der Waals surface area contributed by atoms with Crippen molar-refractivity contribution in [2.75, 3.05) is 6.54 Å². The number of thiazole rings is 1. The molecule has 1 aromatic heterocycles. The predicted octanol–water partition coefficient (Wildman–Crippen LogP) is 2.59. The molecule has 0 radical (unpaired) electrons. The number of aryl methyl sites for hydroxylation is 1. The molecule has 1 amide bonds. The number of nitrogens with one attached hydrogen (secondary N) is 1. The Hall–Kier alpha value is -1.88. The highest BCUT2D eigenvalue weighted by Gasteiger charge is 2.30. The summed E-state index contributed by atoms with van der Waals surface area (Å²) in [7, 11) is 0. The van der Waals surface area contributed by atoms with E-state index >= 15 is 0 Å². The first kappa shape index (κ1) is 14.1. The Kier molecular flexibility index (Phi) is 3.92. The van der Waals surface area contributed by atoms with Gasteiger partial charge in [0.05, 0.1) is 0 Å². The van der Waals surface area contributed by atoms with E-state index in [0.717, 1.165) is 37.1 Å². The van der Waals surface area contributed by atoms with Gasteiger partial charge in [-0.25, -0.2) is 0 Å². The van der Waals surface area contributed by atoms with Gasteiger partial charge in [-0.05, 0) is 31.7 Å². The van der Waals surface area contributed by atoms with Crippen LogP contribution in [0.25, 0.3) is 0 Å². The summed E-state index contributed by atoms with van der Waals surface area (Å²) in [5.41, 5.74) is 2.92. The number of likely N-dealkylation sites (tertiary alicyclic amines) is 1. The lowest BCUT2D eigenvalue weighted by Crippen LogP contribution is -2.37. The van der Waals surface area contributed by atoms with Gasteiger partial charge in [0.1, 0.15) is 5.69 Å². The Labute approximate surface area is 127 Å². The van der Waals surface area contributed by atoms with Crippen LogP contribution in [0.2, 0.25) is 0 Å². The number of nitrogens with zero attached hydrogens (tertiary/aromatic N) is 1. The van der Waals surface area contributed by atoms with Gasteiger partial charge < -0.3 is 9.88 Å². The SMILES string of the molecule is Cc1ccc(CC2CCCN2C(=O)c2csc(=O)[nH]2)cc1. The Morgan fingerprint density at radius 3 is 2.81 bits per heavy atom. The van der Waals surface area contributed by atoms with Gasteiger partial charge in [-0.2, -0.15) is 0 Å². The minimum absolute atomic E-state index is 0.0528. The van der Waals surface area contributed by atoms with Crippen LogP contribution in [-0.2, 0) is 6.42 Å². The summed E-state index contributed by atoms with van der Waals surface area (Å²) >= 11 is 1.04. The van der Waals surface area contributed by atoms with E-state index in [1.54, 1.807) is 5.38 Å².